The Kier molecular flexibility index (Phi) is 4.54. The van der Waals surface area contributed by atoms with Gasteiger partial charge in [-0.15, -0.1) is 0 Å². The Labute approximate surface area is 130 Å². The molecule has 0 fully saturated rings. The Bertz CT molecular complexity index is 652. The monoisotopic (exact) mass is 406 g/mol. The van der Waals surface area contributed by atoms with Crippen molar-refractivity contribution in [3.63, 3.8) is 0 Å². The Hall–Kier alpha value is -0.980. The van der Waals surface area contributed by atoms with Crippen LogP contribution in [0, 0.1) is 5.82 Å². The highest BCUT2D eigenvalue weighted by Crippen LogP contribution is 2.24. The van der Waals surface area contributed by atoms with Gasteiger partial charge in [-0.1, -0.05) is 27.5 Å². The summed E-state index contributed by atoms with van der Waals surface area (Å²) < 4.78 is 14.8. The minimum Gasteiger partial charge on any atom is -0.319 e. The van der Waals surface area contributed by atoms with Crippen LogP contribution in [0.2, 0.25) is 5.15 Å². The first-order valence-electron chi connectivity index (χ1n) is 5.05. The molecule has 1 heterocycles. The number of hydrogen-bond acceptors (Lipinski definition) is 2. The predicted molar refractivity (Wildman–Crippen MR) is 79.0 cm³/mol. The highest BCUT2D eigenvalue weighted by Gasteiger charge is 2.14. The van der Waals surface area contributed by atoms with Crippen molar-refractivity contribution in [2.75, 3.05) is 5.32 Å². The van der Waals surface area contributed by atoms with Crippen LogP contribution in [0.4, 0.5) is 10.1 Å². The third-order valence-electron chi connectivity index (χ3n) is 2.23. The van der Waals surface area contributed by atoms with Crippen LogP contribution in [0.1, 0.15) is 10.4 Å². The molecule has 0 bridgehead atoms. The first kappa shape index (κ1) is 14.4. The Morgan fingerprint density at radius 3 is 2.74 bits per heavy atom. The van der Waals surface area contributed by atoms with E-state index in [0.717, 1.165) is 0 Å². The summed E-state index contributed by atoms with van der Waals surface area (Å²) in [6, 6.07) is 5.70. The maximum atomic E-state index is 13.6. The van der Waals surface area contributed by atoms with Crippen molar-refractivity contribution in [1.29, 1.82) is 0 Å². The second-order valence-corrected chi connectivity index (χ2v) is 5.76. The van der Waals surface area contributed by atoms with Crippen LogP contribution in [0.25, 0.3) is 0 Å². The molecule has 0 radical (unpaired) electrons. The summed E-state index contributed by atoms with van der Waals surface area (Å²) >= 11 is 12.2. The number of halogens is 4. The summed E-state index contributed by atoms with van der Waals surface area (Å²) in [5.74, 6) is -1.21. The molecule has 19 heavy (non-hydrogen) atoms. The molecule has 7 heteroatoms. The van der Waals surface area contributed by atoms with Crippen LogP contribution < -0.4 is 5.32 Å². The quantitative estimate of drug-likeness (QED) is 0.735. The molecule has 0 aliphatic rings. The Balaban J connectivity index is 2.30. The van der Waals surface area contributed by atoms with E-state index < -0.39 is 11.7 Å². The van der Waals surface area contributed by atoms with E-state index >= 15 is 0 Å². The average Bonchev–Trinajstić information content (AvgIpc) is 2.36. The summed E-state index contributed by atoms with van der Waals surface area (Å²) in [7, 11) is 0. The second kappa shape index (κ2) is 5.98. The third kappa shape index (κ3) is 3.52. The molecular formula is C12H6Br2ClFN2O. The first-order valence-corrected chi connectivity index (χ1v) is 7.01. The SMILES string of the molecule is O=C(Nc1cc(Br)cnc1Cl)c1cc(Br)ccc1F. The number of pyridine rings is 1. The van der Waals surface area contributed by atoms with E-state index in [9.17, 15) is 9.18 Å². The summed E-state index contributed by atoms with van der Waals surface area (Å²) in [4.78, 5) is 15.8. The fraction of sp³-hybridized carbons (Fsp3) is 0. The smallest absolute Gasteiger partial charge is 0.258 e. The normalized spacial score (nSPS) is 10.3. The van der Waals surface area contributed by atoms with Crippen LogP contribution >= 0.6 is 43.5 Å². The molecule has 1 amide bonds. The van der Waals surface area contributed by atoms with Crippen molar-refractivity contribution in [3.05, 3.63) is 55.9 Å². The van der Waals surface area contributed by atoms with E-state index in [0.29, 0.717) is 14.6 Å². The molecule has 1 aromatic heterocycles. The van der Waals surface area contributed by atoms with Gasteiger partial charge in [0.2, 0.25) is 0 Å². The zero-order valence-corrected chi connectivity index (χ0v) is 13.2. The highest BCUT2D eigenvalue weighted by molar-refractivity contribution is 9.10. The maximum absolute atomic E-state index is 13.6. The highest BCUT2D eigenvalue weighted by atomic mass is 79.9. The van der Waals surface area contributed by atoms with E-state index in [2.05, 4.69) is 42.2 Å². The van der Waals surface area contributed by atoms with Gasteiger partial charge in [0, 0.05) is 15.1 Å². The number of rotatable bonds is 2. The van der Waals surface area contributed by atoms with E-state index in [1.165, 1.54) is 24.4 Å². The van der Waals surface area contributed by atoms with Crippen molar-refractivity contribution in [1.82, 2.24) is 4.98 Å². The molecule has 2 aromatic rings. The summed E-state index contributed by atoms with van der Waals surface area (Å²) in [6.07, 6.45) is 1.50. The number of anilines is 1. The van der Waals surface area contributed by atoms with Gasteiger partial charge >= 0.3 is 0 Å². The van der Waals surface area contributed by atoms with Crippen molar-refractivity contribution >= 4 is 55.1 Å². The van der Waals surface area contributed by atoms with Crippen molar-refractivity contribution in [2.24, 2.45) is 0 Å². The molecule has 1 N–H and O–H groups in total. The van der Waals surface area contributed by atoms with Crippen molar-refractivity contribution in [3.8, 4) is 0 Å². The van der Waals surface area contributed by atoms with E-state index in [4.69, 9.17) is 11.6 Å². The second-order valence-electron chi connectivity index (χ2n) is 3.57. The van der Waals surface area contributed by atoms with Gasteiger partial charge in [0.1, 0.15) is 5.82 Å². The zero-order chi connectivity index (χ0) is 14.0. The number of amides is 1. The molecule has 0 unspecified atom stereocenters. The number of nitrogens with one attached hydrogen (secondary N) is 1. The molecule has 0 aliphatic carbocycles. The van der Waals surface area contributed by atoms with Gasteiger partial charge < -0.3 is 5.32 Å². The minimum atomic E-state index is -0.611. The van der Waals surface area contributed by atoms with Gasteiger partial charge in [0.05, 0.1) is 11.3 Å². The number of nitrogens with zero attached hydrogens (tertiary/aromatic N) is 1. The number of benzene rings is 1. The van der Waals surface area contributed by atoms with Crippen LogP contribution in [-0.2, 0) is 0 Å². The fourth-order valence-corrected chi connectivity index (χ4v) is 2.21. The van der Waals surface area contributed by atoms with Gasteiger partial charge in [-0.3, -0.25) is 4.79 Å². The molecule has 0 saturated heterocycles. The molecule has 0 saturated carbocycles. The predicted octanol–water partition coefficient (Wildman–Crippen LogP) is 4.65. The molecule has 0 spiro atoms. The molecule has 2 rings (SSSR count). The lowest BCUT2D eigenvalue weighted by molar-refractivity contribution is 0.102. The standard InChI is InChI=1S/C12H6Br2ClFN2O/c13-6-1-2-9(16)8(3-6)12(19)18-10-4-7(14)5-17-11(10)15/h1-5H,(H,18,19). The number of carbonyl (C=O) groups is 1. The van der Waals surface area contributed by atoms with Gasteiger partial charge in [-0.2, -0.15) is 0 Å². The minimum absolute atomic E-state index is 0.0783. The van der Waals surface area contributed by atoms with E-state index in [1.807, 2.05) is 0 Å². The molecule has 98 valence electrons. The van der Waals surface area contributed by atoms with Gasteiger partial charge in [-0.25, -0.2) is 9.37 Å². The Morgan fingerprint density at radius 2 is 2.00 bits per heavy atom. The summed E-state index contributed by atoms with van der Waals surface area (Å²) in [6.45, 7) is 0. The number of aromatic nitrogens is 1. The third-order valence-corrected chi connectivity index (χ3v) is 3.46. The van der Waals surface area contributed by atoms with Gasteiger partial charge in [-0.05, 0) is 40.2 Å². The zero-order valence-electron chi connectivity index (χ0n) is 9.25. The van der Waals surface area contributed by atoms with Gasteiger partial charge in [0.25, 0.3) is 5.91 Å². The lowest BCUT2D eigenvalue weighted by atomic mass is 10.2. The van der Waals surface area contributed by atoms with Crippen LogP contribution in [0.5, 0.6) is 0 Å². The topological polar surface area (TPSA) is 42.0 Å². The van der Waals surface area contributed by atoms with Crippen LogP contribution in [0.3, 0.4) is 0 Å². The fourth-order valence-electron chi connectivity index (χ4n) is 1.37. The first-order chi connectivity index (χ1) is 8.97. The summed E-state index contributed by atoms with van der Waals surface area (Å²) in [5, 5.41) is 2.64. The maximum Gasteiger partial charge on any atom is 0.258 e. The number of carbonyl (C=O) groups excluding carboxylic acids is 1. The molecule has 0 atom stereocenters. The summed E-state index contributed by atoms with van der Waals surface area (Å²) in [5.41, 5.74) is 0.228. The molecular weight excluding hydrogens is 402 g/mol. The van der Waals surface area contributed by atoms with E-state index in [-0.39, 0.29) is 10.7 Å². The van der Waals surface area contributed by atoms with Crippen molar-refractivity contribution < 1.29 is 9.18 Å². The van der Waals surface area contributed by atoms with Crippen LogP contribution in [-0.4, -0.2) is 10.9 Å². The molecule has 3 nitrogen and oxygen atoms in total. The molecule has 0 aliphatic heterocycles. The lowest BCUT2D eigenvalue weighted by Gasteiger charge is -2.08. The number of hydrogen-bond donors (Lipinski definition) is 1. The van der Waals surface area contributed by atoms with Crippen LogP contribution in [0.15, 0.2) is 39.4 Å². The van der Waals surface area contributed by atoms with Crippen molar-refractivity contribution in [2.45, 2.75) is 0 Å². The average molecular weight is 408 g/mol. The molecule has 1 aromatic carbocycles. The Morgan fingerprint density at radius 1 is 1.26 bits per heavy atom. The lowest BCUT2D eigenvalue weighted by Crippen LogP contribution is -2.14. The van der Waals surface area contributed by atoms with Gasteiger partial charge in [0.15, 0.2) is 5.15 Å². The van der Waals surface area contributed by atoms with E-state index in [1.54, 1.807) is 6.07 Å². The largest absolute Gasteiger partial charge is 0.319 e.